The maximum absolute atomic E-state index is 12.1. The Morgan fingerprint density at radius 3 is 0.987 bits per heavy atom. The number of amides is 4. The number of nitrogens with two attached hydrogens (primary N) is 2. The van der Waals surface area contributed by atoms with Gasteiger partial charge in [-0.3, -0.25) is 29.0 Å². The summed E-state index contributed by atoms with van der Waals surface area (Å²) in [5, 5.41) is 77.0. The lowest BCUT2D eigenvalue weighted by atomic mass is 9.75. The molecule has 444 valence electrons. The molecule has 4 unspecified atom stereocenters. The van der Waals surface area contributed by atoms with Crippen LogP contribution in [0.15, 0.2) is 0 Å². The summed E-state index contributed by atoms with van der Waals surface area (Å²) in [4.78, 5) is 52.0. The van der Waals surface area contributed by atoms with Gasteiger partial charge in [0.15, 0.2) is 0 Å². The molecule has 0 aliphatic heterocycles. The Morgan fingerprint density at radius 1 is 0.368 bits per heavy atom. The molecule has 4 atom stereocenters. The van der Waals surface area contributed by atoms with Crippen molar-refractivity contribution in [1.82, 2.24) is 73.6 Å². The first kappa shape index (κ1) is 80.0. The predicted octanol–water partition coefficient (Wildman–Crippen LogP) is -6.15. The summed E-state index contributed by atoms with van der Waals surface area (Å²) in [6.07, 6.45) is 0.511. The topological polar surface area (TPSA) is 352 Å². The summed E-state index contributed by atoms with van der Waals surface area (Å²) < 4.78 is 0. The van der Waals surface area contributed by atoms with Crippen molar-refractivity contribution in [3.63, 3.8) is 0 Å². The molecular formula is C48H112B4N16O8. The van der Waals surface area contributed by atoms with E-state index in [1.165, 1.54) is 0 Å². The number of hydrogen-bond donors (Lipinski definition) is 18. The predicted molar refractivity (Wildman–Crippen MR) is 318 cm³/mol. The van der Waals surface area contributed by atoms with Crippen molar-refractivity contribution in [2.45, 2.75) is 105 Å². The van der Waals surface area contributed by atoms with E-state index in [-0.39, 0.29) is 57.4 Å². The Balaban J connectivity index is -0.000000665. The van der Waals surface area contributed by atoms with Gasteiger partial charge in [0.2, 0.25) is 23.6 Å². The van der Waals surface area contributed by atoms with Crippen LogP contribution in [0.2, 0.25) is 52.6 Å². The SMILES string of the molecule is C.C.C[B]CC(O)CN(CCNCCNCCNC(=O)CC(=O)NCCNCCNCCN)CC(O)C[B]C.C[B]CC(O)CNCCNCCN(CCNC(=O)CC(=O)NCCNCCNCCN)CC(O)C[B]C. The minimum Gasteiger partial charge on any atom is -0.393 e. The van der Waals surface area contributed by atoms with Crippen LogP contribution in [-0.4, -0.2) is 291 Å². The van der Waals surface area contributed by atoms with Crippen LogP contribution in [-0.2, 0) is 19.2 Å². The highest BCUT2D eigenvalue weighted by molar-refractivity contribution is 6.34. The minimum atomic E-state index is -0.463. The third-order valence-corrected chi connectivity index (χ3v) is 10.8. The zero-order valence-corrected chi connectivity index (χ0v) is 46.1. The molecule has 28 heteroatoms. The van der Waals surface area contributed by atoms with E-state index >= 15 is 0 Å². The van der Waals surface area contributed by atoms with E-state index in [4.69, 9.17) is 11.5 Å². The van der Waals surface area contributed by atoms with Crippen molar-refractivity contribution in [2.75, 3.05) is 183 Å². The van der Waals surface area contributed by atoms with Gasteiger partial charge in [-0.15, -0.1) is 0 Å². The number of nitrogens with zero attached hydrogens (tertiary/aromatic N) is 2. The molecule has 0 aromatic rings. The van der Waals surface area contributed by atoms with Crippen LogP contribution < -0.4 is 75.3 Å². The van der Waals surface area contributed by atoms with Crippen molar-refractivity contribution in [1.29, 1.82) is 0 Å². The van der Waals surface area contributed by atoms with Gasteiger partial charge in [0.1, 0.15) is 42.0 Å². The normalized spacial score (nSPS) is 12.5. The second kappa shape index (κ2) is 61.7. The Hall–Kier alpha value is -2.50. The van der Waals surface area contributed by atoms with Gasteiger partial charge >= 0.3 is 0 Å². The number of carbonyl (C=O) groups excluding carboxylic acids is 4. The Labute approximate surface area is 463 Å². The Kier molecular flexibility index (Phi) is 64.9. The number of aliphatic hydroxyl groups excluding tert-OH is 4. The molecule has 4 radical (unpaired) electrons. The Morgan fingerprint density at radius 2 is 0.632 bits per heavy atom. The van der Waals surface area contributed by atoms with Crippen molar-refractivity contribution in [3.05, 3.63) is 0 Å². The van der Waals surface area contributed by atoms with E-state index in [1.807, 2.05) is 56.4 Å². The van der Waals surface area contributed by atoms with E-state index in [9.17, 15) is 39.6 Å². The highest BCUT2D eigenvalue weighted by Crippen LogP contribution is 2.02. The second-order valence-electron chi connectivity index (χ2n) is 18.0. The van der Waals surface area contributed by atoms with E-state index in [1.54, 1.807) is 0 Å². The fourth-order valence-corrected chi connectivity index (χ4v) is 7.14. The van der Waals surface area contributed by atoms with Crippen molar-refractivity contribution in [3.8, 4) is 0 Å². The summed E-state index contributed by atoms with van der Waals surface area (Å²) in [5.74, 6) is -1.19. The van der Waals surface area contributed by atoms with Crippen LogP contribution in [0.1, 0.15) is 27.7 Å². The van der Waals surface area contributed by atoms with Crippen LogP contribution in [0.5, 0.6) is 0 Å². The Bertz CT molecular complexity index is 1280. The lowest BCUT2D eigenvalue weighted by Crippen LogP contribution is -2.43. The van der Waals surface area contributed by atoms with Gasteiger partial charge in [0.05, 0.1) is 24.4 Å². The number of aliphatic hydroxyl groups is 4. The van der Waals surface area contributed by atoms with Crippen molar-refractivity contribution in [2.24, 2.45) is 11.5 Å². The molecule has 0 aliphatic rings. The summed E-state index contributed by atoms with van der Waals surface area (Å²) in [5.41, 5.74) is 10.8. The fraction of sp³-hybridized carbons (Fsp3) is 0.917. The molecule has 0 bridgehead atoms. The van der Waals surface area contributed by atoms with Gasteiger partial charge in [-0.25, -0.2) is 0 Å². The maximum Gasteiger partial charge on any atom is 0.229 e. The van der Waals surface area contributed by atoms with Crippen molar-refractivity contribution >= 4 is 52.7 Å². The second-order valence-corrected chi connectivity index (χ2v) is 18.0. The zero-order valence-electron chi connectivity index (χ0n) is 46.1. The molecule has 0 saturated carbocycles. The van der Waals surface area contributed by atoms with Gasteiger partial charge < -0.3 is 95.7 Å². The number of rotatable bonds is 54. The van der Waals surface area contributed by atoms with E-state index < -0.39 is 18.3 Å². The molecule has 4 amide bonds. The summed E-state index contributed by atoms with van der Waals surface area (Å²) >= 11 is 0. The quantitative estimate of drug-likeness (QED) is 0.0153. The van der Waals surface area contributed by atoms with Gasteiger partial charge in [0, 0.05) is 183 Å². The van der Waals surface area contributed by atoms with Crippen LogP contribution in [0.3, 0.4) is 0 Å². The molecule has 0 aliphatic carbocycles. The first-order valence-electron chi connectivity index (χ1n) is 27.3. The molecule has 0 spiro atoms. The molecule has 0 fully saturated rings. The highest BCUT2D eigenvalue weighted by Gasteiger charge is 2.16. The minimum absolute atomic E-state index is 0. The lowest BCUT2D eigenvalue weighted by molar-refractivity contribution is -0.130. The maximum atomic E-state index is 12.1. The lowest BCUT2D eigenvalue weighted by Gasteiger charge is -2.27. The van der Waals surface area contributed by atoms with Gasteiger partial charge in [0.25, 0.3) is 0 Å². The van der Waals surface area contributed by atoms with Gasteiger partial charge in [-0.05, 0) is 0 Å². The summed E-state index contributed by atoms with van der Waals surface area (Å²) in [7, 11) is 7.79. The standard InChI is InChI=1S/2C23H52B2N8O4.2CH4/c1-24-16-20(34)18-33(19-21(35)17-25-2)14-13-30-8-7-29-10-12-32-23(37)15-22(36)31-11-9-28-6-5-27-4-3-26;1-24-16-20(34)18-30-8-7-29-11-13-33(19-21(35)17-25-2)14-12-32-23(37)15-22(36)31-10-9-28-6-5-27-4-3-26;;/h2*20-21,27-30,34-35H,3-19,26H2,1-2H3,(H,31,36)(H,32,37);2*1H4. The average molecular weight is 1080 g/mol. The van der Waals surface area contributed by atoms with Crippen LogP contribution in [0, 0.1) is 0 Å². The monoisotopic (exact) mass is 1080 g/mol. The van der Waals surface area contributed by atoms with Gasteiger partial charge in [-0.2, -0.15) is 0 Å². The molecule has 0 heterocycles. The van der Waals surface area contributed by atoms with Crippen molar-refractivity contribution < 1.29 is 39.6 Å². The number of carbonyl (C=O) groups is 4. The molecule has 24 nitrogen and oxygen atoms in total. The third kappa shape index (κ3) is 59.2. The molecule has 76 heavy (non-hydrogen) atoms. The smallest absolute Gasteiger partial charge is 0.229 e. The third-order valence-electron chi connectivity index (χ3n) is 10.8. The molecule has 0 aromatic carbocycles. The summed E-state index contributed by atoms with van der Waals surface area (Å²) in [6.45, 7) is 26.1. The first-order chi connectivity index (χ1) is 35.8. The highest BCUT2D eigenvalue weighted by atomic mass is 16.3. The number of hydrogen-bond acceptors (Lipinski definition) is 20. The van der Waals surface area contributed by atoms with E-state index in [0.29, 0.717) is 117 Å². The molecule has 20 N–H and O–H groups in total. The zero-order chi connectivity index (χ0) is 55.1. The molecule has 0 rings (SSSR count). The number of nitrogens with one attached hydrogen (secondary N) is 12. The van der Waals surface area contributed by atoms with Crippen LogP contribution in [0.4, 0.5) is 0 Å². The first-order valence-corrected chi connectivity index (χ1v) is 27.3. The largest absolute Gasteiger partial charge is 0.393 e. The molecule has 0 aromatic heterocycles. The average Bonchev–Trinajstić information content (AvgIpc) is 3.35. The van der Waals surface area contributed by atoms with Crippen LogP contribution >= 0.6 is 0 Å². The fourth-order valence-electron chi connectivity index (χ4n) is 7.14. The van der Waals surface area contributed by atoms with E-state index in [0.717, 1.165) is 91.6 Å². The summed E-state index contributed by atoms with van der Waals surface area (Å²) in [6, 6.07) is 0. The molecule has 0 saturated heterocycles. The van der Waals surface area contributed by atoms with E-state index in [2.05, 4.69) is 73.6 Å². The van der Waals surface area contributed by atoms with Crippen LogP contribution in [0.25, 0.3) is 0 Å². The van der Waals surface area contributed by atoms with Gasteiger partial charge in [-0.1, -0.05) is 67.4 Å². The molecular weight excluding hydrogens is 972 g/mol.